The summed E-state index contributed by atoms with van der Waals surface area (Å²) in [6.07, 6.45) is 4.50. The molecule has 1 unspecified atom stereocenters. The van der Waals surface area contributed by atoms with E-state index in [0.29, 0.717) is 12.1 Å². The molecule has 0 radical (unpaired) electrons. The molecule has 1 aromatic heterocycles. The zero-order chi connectivity index (χ0) is 11.4. The Morgan fingerprint density at radius 2 is 2.31 bits per heavy atom. The van der Waals surface area contributed by atoms with Crippen LogP contribution in [0.2, 0.25) is 0 Å². The first-order chi connectivity index (χ1) is 7.81. The van der Waals surface area contributed by atoms with Crippen LogP contribution in [0.5, 0.6) is 0 Å². The van der Waals surface area contributed by atoms with E-state index in [1.165, 1.54) is 12.8 Å². The standard InChI is InChI=1S/C13H20N2O/c1-10(12-5-3-4-8-14-12)15-13(9-16-2)11-6-7-11/h3-5,8,10-11,13,15H,6-7,9H2,1-2H3/t10-,13?/m1/s1. The van der Waals surface area contributed by atoms with E-state index >= 15 is 0 Å². The van der Waals surface area contributed by atoms with Crippen molar-refractivity contribution in [1.29, 1.82) is 0 Å². The fourth-order valence-corrected chi connectivity index (χ4v) is 2.04. The molecule has 0 aliphatic heterocycles. The van der Waals surface area contributed by atoms with Crippen LogP contribution in [0.25, 0.3) is 0 Å². The number of nitrogens with one attached hydrogen (secondary N) is 1. The van der Waals surface area contributed by atoms with Crippen LogP contribution in [0.15, 0.2) is 24.4 Å². The topological polar surface area (TPSA) is 34.1 Å². The molecule has 3 nitrogen and oxygen atoms in total. The average Bonchev–Trinajstić information content (AvgIpc) is 3.13. The summed E-state index contributed by atoms with van der Waals surface area (Å²) in [6.45, 7) is 2.95. The zero-order valence-corrected chi connectivity index (χ0v) is 10.0. The summed E-state index contributed by atoms with van der Waals surface area (Å²) in [5.74, 6) is 0.797. The predicted octanol–water partition coefficient (Wildman–Crippen LogP) is 2.16. The van der Waals surface area contributed by atoms with Gasteiger partial charge in [-0.25, -0.2) is 0 Å². The lowest BCUT2D eigenvalue weighted by molar-refractivity contribution is 0.152. The molecule has 0 saturated heterocycles. The number of hydrogen-bond acceptors (Lipinski definition) is 3. The second-order valence-corrected chi connectivity index (χ2v) is 4.54. The van der Waals surface area contributed by atoms with E-state index in [0.717, 1.165) is 18.2 Å². The summed E-state index contributed by atoms with van der Waals surface area (Å²) in [5.41, 5.74) is 1.10. The van der Waals surface area contributed by atoms with Gasteiger partial charge < -0.3 is 10.1 Å². The highest BCUT2D eigenvalue weighted by Gasteiger charge is 2.32. The molecule has 88 valence electrons. The minimum atomic E-state index is 0.293. The number of aromatic nitrogens is 1. The predicted molar refractivity (Wildman–Crippen MR) is 64.2 cm³/mol. The molecule has 0 spiro atoms. The van der Waals surface area contributed by atoms with Crippen molar-refractivity contribution in [1.82, 2.24) is 10.3 Å². The van der Waals surface area contributed by atoms with Crippen LogP contribution in [0.3, 0.4) is 0 Å². The average molecular weight is 220 g/mol. The number of rotatable bonds is 6. The van der Waals surface area contributed by atoms with Crippen LogP contribution in [0.4, 0.5) is 0 Å². The number of methoxy groups -OCH3 is 1. The van der Waals surface area contributed by atoms with E-state index in [1.54, 1.807) is 7.11 Å². The smallest absolute Gasteiger partial charge is 0.0618 e. The van der Waals surface area contributed by atoms with Gasteiger partial charge in [0, 0.05) is 25.4 Å². The van der Waals surface area contributed by atoms with Crippen LogP contribution in [-0.4, -0.2) is 24.7 Å². The molecule has 1 fully saturated rings. The summed E-state index contributed by atoms with van der Waals surface area (Å²) in [5, 5.41) is 3.61. The summed E-state index contributed by atoms with van der Waals surface area (Å²) in [7, 11) is 1.77. The minimum Gasteiger partial charge on any atom is -0.383 e. The van der Waals surface area contributed by atoms with Crippen LogP contribution < -0.4 is 5.32 Å². The Bertz CT molecular complexity index is 311. The van der Waals surface area contributed by atoms with Crippen molar-refractivity contribution in [3.05, 3.63) is 30.1 Å². The second-order valence-electron chi connectivity index (χ2n) is 4.54. The number of hydrogen-bond donors (Lipinski definition) is 1. The second kappa shape index (κ2) is 5.41. The van der Waals surface area contributed by atoms with Gasteiger partial charge in [-0.2, -0.15) is 0 Å². The minimum absolute atomic E-state index is 0.293. The fraction of sp³-hybridized carbons (Fsp3) is 0.615. The van der Waals surface area contributed by atoms with Gasteiger partial charge >= 0.3 is 0 Å². The van der Waals surface area contributed by atoms with Gasteiger partial charge in [0.05, 0.1) is 12.3 Å². The molecule has 1 saturated carbocycles. The third-order valence-corrected chi connectivity index (χ3v) is 3.13. The molecule has 1 heterocycles. The summed E-state index contributed by atoms with van der Waals surface area (Å²) in [4.78, 5) is 4.37. The van der Waals surface area contributed by atoms with E-state index in [9.17, 15) is 0 Å². The van der Waals surface area contributed by atoms with Gasteiger partial charge in [-0.15, -0.1) is 0 Å². The van der Waals surface area contributed by atoms with Crippen molar-refractivity contribution in [2.75, 3.05) is 13.7 Å². The molecule has 3 heteroatoms. The molecule has 1 aliphatic rings. The van der Waals surface area contributed by atoms with E-state index in [2.05, 4.69) is 23.3 Å². The van der Waals surface area contributed by atoms with Gasteiger partial charge in [0.25, 0.3) is 0 Å². The van der Waals surface area contributed by atoms with E-state index in [1.807, 2.05) is 18.3 Å². The SMILES string of the molecule is COCC(N[C@H](C)c1ccccn1)C1CC1. The largest absolute Gasteiger partial charge is 0.383 e. The number of nitrogens with zero attached hydrogens (tertiary/aromatic N) is 1. The molecule has 0 aromatic carbocycles. The third-order valence-electron chi connectivity index (χ3n) is 3.13. The van der Waals surface area contributed by atoms with E-state index in [-0.39, 0.29) is 0 Å². The molecule has 0 amide bonds. The first-order valence-corrected chi connectivity index (χ1v) is 5.97. The lowest BCUT2D eigenvalue weighted by Crippen LogP contribution is -2.37. The van der Waals surface area contributed by atoms with Gasteiger partial charge in [0.2, 0.25) is 0 Å². The maximum atomic E-state index is 5.26. The first-order valence-electron chi connectivity index (χ1n) is 5.97. The molecular weight excluding hydrogens is 200 g/mol. The van der Waals surface area contributed by atoms with Crippen LogP contribution >= 0.6 is 0 Å². The highest BCUT2D eigenvalue weighted by atomic mass is 16.5. The quantitative estimate of drug-likeness (QED) is 0.797. The van der Waals surface area contributed by atoms with E-state index < -0.39 is 0 Å². The molecule has 0 bridgehead atoms. The van der Waals surface area contributed by atoms with Crippen LogP contribution in [0.1, 0.15) is 31.5 Å². The number of pyridine rings is 1. The lowest BCUT2D eigenvalue weighted by Gasteiger charge is -2.22. The maximum absolute atomic E-state index is 5.26. The molecule has 1 N–H and O–H groups in total. The molecule has 1 aliphatic carbocycles. The first kappa shape index (κ1) is 11.6. The van der Waals surface area contributed by atoms with Crippen molar-refractivity contribution >= 4 is 0 Å². The van der Waals surface area contributed by atoms with Crippen molar-refractivity contribution in [3.63, 3.8) is 0 Å². The summed E-state index contributed by atoms with van der Waals surface area (Å²) >= 11 is 0. The van der Waals surface area contributed by atoms with Gasteiger partial charge in [-0.05, 0) is 37.8 Å². The molecule has 16 heavy (non-hydrogen) atoms. The van der Waals surface area contributed by atoms with Gasteiger partial charge in [0.15, 0.2) is 0 Å². The lowest BCUT2D eigenvalue weighted by atomic mass is 10.1. The van der Waals surface area contributed by atoms with Gasteiger partial charge in [0.1, 0.15) is 0 Å². The zero-order valence-electron chi connectivity index (χ0n) is 10.0. The maximum Gasteiger partial charge on any atom is 0.0618 e. The monoisotopic (exact) mass is 220 g/mol. The molecule has 1 aromatic rings. The number of ether oxygens (including phenoxy) is 1. The third kappa shape index (κ3) is 3.03. The van der Waals surface area contributed by atoms with Crippen LogP contribution in [0, 0.1) is 5.92 Å². The van der Waals surface area contributed by atoms with Gasteiger partial charge in [-0.3, -0.25) is 4.98 Å². The van der Waals surface area contributed by atoms with Crippen molar-refractivity contribution in [2.45, 2.75) is 31.8 Å². The Balaban J connectivity index is 1.92. The normalized spacial score (nSPS) is 19.4. The Kier molecular flexibility index (Phi) is 3.91. The highest BCUT2D eigenvalue weighted by molar-refractivity contribution is 5.08. The van der Waals surface area contributed by atoms with E-state index in [4.69, 9.17) is 4.74 Å². The fourth-order valence-electron chi connectivity index (χ4n) is 2.04. The van der Waals surface area contributed by atoms with Crippen molar-refractivity contribution in [2.24, 2.45) is 5.92 Å². The van der Waals surface area contributed by atoms with Crippen molar-refractivity contribution < 1.29 is 4.74 Å². The Labute approximate surface area is 97.2 Å². The summed E-state index contributed by atoms with van der Waals surface area (Å²) in [6, 6.07) is 6.81. The van der Waals surface area contributed by atoms with Crippen LogP contribution in [-0.2, 0) is 4.74 Å². The molecular formula is C13H20N2O. The Morgan fingerprint density at radius 3 is 2.88 bits per heavy atom. The Hall–Kier alpha value is -0.930. The summed E-state index contributed by atoms with van der Waals surface area (Å²) < 4.78 is 5.26. The highest BCUT2D eigenvalue weighted by Crippen LogP contribution is 2.33. The van der Waals surface area contributed by atoms with Gasteiger partial charge in [-0.1, -0.05) is 6.07 Å². The van der Waals surface area contributed by atoms with Crippen molar-refractivity contribution in [3.8, 4) is 0 Å². The molecule has 2 atom stereocenters. The Morgan fingerprint density at radius 1 is 1.50 bits per heavy atom. The molecule has 2 rings (SSSR count).